The fourth-order valence-corrected chi connectivity index (χ4v) is 5.17. The lowest BCUT2D eigenvalue weighted by molar-refractivity contribution is 0.526. The van der Waals surface area contributed by atoms with Crippen LogP contribution in [0.3, 0.4) is 0 Å². The zero-order valence-electron chi connectivity index (χ0n) is 14.2. The first-order chi connectivity index (χ1) is 12.0. The van der Waals surface area contributed by atoms with Crippen molar-refractivity contribution in [2.45, 2.75) is 43.0 Å². The molecule has 3 aromatic rings. The summed E-state index contributed by atoms with van der Waals surface area (Å²) in [5.74, 6) is 0.205. The number of para-hydroxylation sites is 1. The van der Waals surface area contributed by atoms with Gasteiger partial charge in [-0.3, -0.25) is 0 Å². The van der Waals surface area contributed by atoms with E-state index in [2.05, 4.69) is 21.8 Å². The van der Waals surface area contributed by atoms with Crippen LogP contribution in [0.1, 0.15) is 36.3 Å². The predicted octanol–water partition coefficient (Wildman–Crippen LogP) is 4.09. The van der Waals surface area contributed by atoms with Crippen LogP contribution in [0.15, 0.2) is 59.6 Å². The number of benzene rings is 2. The van der Waals surface area contributed by atoms with Gasteiger partial charge in [0.15, 0.2) is 0 Å². The second-order valence-corrected chi connectivity index (χ2v) is 8.58. The molecule has 0 spiro atoms. The molecule has 2 atom stereocenters. The average Bonchev–Trinajstić information content (AvgIpc) is 3.21. The summed E-state index contributed by atoms with van der Waals surface area (Å²) in [4.78, 5) is 3.64. The van der Waals surface area contributed by atoms with Gasteiger partial charge in [-0.15, -0.1) is 0 Å². The van der Waals surface area contributed by atoms with Crippen molar-refractivity contribution < 1.29 is 8.42 Å². The Morgan fingerprint density at radius 3 is 2.60 bits per heavy atom. The lowest BCUT2D eigenvalue weighted by Gasteiger charge is -2.21. The van der Waals surface area contributed by atoms with Crippen LogP contribution in [-0.2, 0) is 10.0 Å². The lowest BCUT2D eigenvalue weighted by Crippen LogP contribution is -2.36. The zero-order chi connectivity index (χ0) is 17.4. The summed E-state index contributed by atoms with van der Waals surface area (Å²) >= 11 is 0. The normalized spacial score (nSPS) is 21.0. The van der Waals surface area contributed by atoms with Gasteiger partial charge in [-0.05, 0) is 43.5 Å². The Kier molecular flexibility index (Phi) is 4.13. The number of hydrogen-bond donors (Lipinski definition) is 2. The fraction of sp³-hybridized carbons (Fsp3) is 0.300. The topological polar surface area (TPSA) is 62.0 Å². The fourth-order valence-electron chi connectivity index (χ4n) is 3.86. The molecule has 1 aromatic heterocycles. The molecular formula is C20H22N2O2S. The van der Waals surface area contributed by atoms with E-state index in [1.165, 1.54) is 10.9 Å². The highest BCUT2D eigenvalue weighted by Crippen LogP contribution is 2.38. The molecule has 1 fully saturated rings. The maximum Gasteiger partial charge on any atom is 0.240 e. The van der Waals surface area contributed by atoms with Crippen molar-refractivity contribution in [2.24, 2.45) is 0 Å². The van der Waals surface area contributed by atoms with Gasteiger partial charge in [0.2, 0.25) is 10.0 Å². The molecule has 0 unspecified atom stereocenters. The SMILES string of the molecule is Cc1ccc(S(=O)(=O)N[C@@H]2CCC[C@H]2c2c[nH]c3ccccc23)cc1. The first-order valence-corrected chi connectivity index (χ1v) is 10.2. The summed E-state index contributed by atoms with van der Waals surface area (Å²) in [6, 6.07) is 15.1. The summed E-state index contributed by atoms with van der Waals surface area (Å²) in [6.07, 6.45) is 4.94. The van der Waals surface area contributed by atoms with Crippen LogP contribution in [0.25, 0.3) is 10.9 Å². The third-order valence-electron chi connectivity index (χ3n) is 5.17. The van der Waals surface area contributed by atoms with E-state index >= 15 is 0 Å². The average molecular weight is 354 g/mol. The number of nitrogens with one attached hydrogen (secondary N) is 2. The molecule has 2 N–H and O–H groups in total. The molecular weight excluding hydrogens is 332 g/mol. The second kappa shape index (κ2) is 6.32. The van der Waals surface area contributed by atoms with Crippen molar-refractivity contribution in [1.29, 1.82) is 0 Å². The van der Waals surface area contributed by atoms with Gasteiger partial charge in [0, 0.05) is 29.1 Å². The van der Waals surface area contributed by atoms with Crippen LogP contribution in [0, 0.1) is 6.92 Å². The molecule has 4 nitrogen and oxygen atoms in total. The summed E-state index contributed by atoms with van der Waals surface area (Å²) in [6.45, 7) is 1.95. The molecule has 25 heavy (non-hydrogen) atoms. The minimum Gasteiger partial charge on any atom is -0.361 e. The van der Waals surface area contributed by atoms with E-state index in [0.29, 0.717) is 4.90 Å². The van der Waals surface area contributed by atoms with E-state index in [0.717, 1.165) is 30.3 Å². The van der Waals surface area contributed by atoms with Crippen LogP contribution in [-0.4, -0.2) is 19.4 Å². The van der Waals surface area contributed by atoms with Crippen LogP contribution in [0.4, 0.5) is 0 Å². The van der Waals surface area contributed by atoms with Crippen LogP contribution in [0.2, 0.25) is 0 Å². The Balaban J connectivity index is 1.62. The third-order valence-corrected chi connectivity index (χ3v) is 6.68. The van der Waals surface area contributed by atoms with E-state index in [4.69, 9.17) is 0 Å². The van der Waals surface area contributed by atoms with Gasteiger partial charge in [0.1, 0.15) is 0 Å². The highest BCUT2D eigenvalue weighted by molar-refractivity contribution is 7.89. The maximum atomic E-state index is 12.8. The van der Waals surface area contributed by atoms with E-state index in [1.54, 1.807) is 12.1 Å². The second-order valence-electron chi connectivity index (χ2n) is 6.87. The lowest BCUT2D eigenvalue weighted by atomic mass is 9.94. The van der Waals surface area contributed by atoms with E-state index < -0.39 is 10.0 Å². The zero-order valence-corrected chi connectivity index (χ0v) is 15.0. The molecule has 0 radical (unpaired) electrons. The van der Waals surface area contributed by atoms with E-state index in [-0.39, 0.29) is 12.0 Å². The molecule has 1 aliphatic rings. The van der Waals surface area contributed by atoms with Gasteiger partial charge in [-0.2, -0.15) is 0 Å². The van der Waals surface area contributed by atoms with Crippen molar-refractivity contribution in [3.8, 4) is 0 Å². The minimum atomic E-state index is -3.50. The maximum absolute atomic E-state index is 12.8. The van der Waals surface area contributed by atoms with Gasteiger partial charge in [0.05, 0.1) is 4.90 Å². The van der Waals surface area contributed by atoms with Crippen molar-refractivity contribution in [2.75, 3.05) is 0 Å². The summed E-state index contributed by atoms with van der Waals surface area (Å²) in [5.41, 5.74) is 3.37. The highest BCUT2D eigenvalue weighted by atomic mass is 32.2. The first-order valence-electron chi connectivity index (χ1n) is 8.69. The number of aryl methyl sites for hydroxylation is 1. The van der Waals surface area contributed by atoms with Crippen LogP contribution < -0.4 is 4.72 Å². The van der Waals surface area contributed by atoms with Gasteiger partial charge in [-0.25, -0.2) is 13.1 Å². The minimum absolute atomic E-state index is 0.0643. The number of hydrogen-bond acceptors (Lipinski definition) is 2. The van der Waals surface area contributed by atoms with Crippen LogP contribution in [0.5, 0.6) is 0 Å². The molecule has 1 saturated carbocycles. The number of H-pyrrole nitrogens is 1. The first kappa shape index (κ1) is 16.4. The van der Waals surface area contributed by atoms with Crippen molar-refractivity contribution in [3.63, 3.8) is 0 Å². The highest BCUT2D eigenvalue weighted by Gasteiger charge is 2.33. The molecule has 0 aliphatic heterocycles. The van der Waals surface area contributed by atoms with Crippen molar-refractivity contribution >= 4 is 20.9 Å². The molecule has 5 heteroatoms. The smallest absolute Gasteiger partial charge is 0.240 e. The van der Waals surface area contributed by atoms with Gasteiger partial charge in [-0.1, -0.05) is 42.3 Å². The Bertz CT molecular complexity index is 990. The molecule has 1 aliphatic carbocycles. The quantitative estimate of drug-likeness (QED) is 0.741. The van der Waals surface area contributed by atoms with Crippen molar-refractivity contribution in [3.05, 3.63) is 65.9 Å². The van der Waals surface area contributed by atoms with Gasteiger partial charge < -0.3 is 4.98 Å². The van der Waals surface area contributed by atoms with Gasteiger partial charge in [0.25, 0.3) is 0 Å². The number of aromatic amines is 1. The summed E-state index contributed by atoms with van der Waals surface area (Å²) in [5, 5.41) is 1.19. The van der Waals surface area contributed by atoms with Crippen molar-refractivity contribution in [1.82, 2.24) is 9.71 Å². The standard InChI is InChI=1S/C20H22N2O2S/c1-14-9-11-15(12-10-14)25(23,24)22-20-8-4-6-17(20)18-13-21-19-7-3-2-5-16(18)19/h2-3,5,7,9-13,17,20-22H,4,6,8H2,1H3/t17-,20+/m0/s1. The molecule has 0 amide bonds. The van der Waals surface area contributed by atoms with Crippen LogP contribution >= 0.6 is 0 Å². The molecule has 130 valence electrons. The Morgan fingerprint density at radius 2 is 1.80 bits per heavy atom. The molecule has 1 heterocycles. The monoisotopic (exact) mass is 354 g/mol. The molecule has 2 aromatic carbocycles. The number of aromatic nitrogens is 1. The summed E-state index contributed by atoms with van der Waals surface area (Å²) in [7, 11) is -3.50. The molecule has 0 bridgehead atoms. The number of rotatable bonds is 4. The largest absolute Gasteiger partial charge is 0.361 e. The number of fused-ring (bicyclic) bond motifs is 1. The summed E-state index contributed by atoms with van der Waals surface area (Å²) < 4.78 is 28.5. The Labute approximate surface area is 148 Å². The van der Waals surface area contributed by atoms with E-state index in [1.807, 2.05) is 37.4 Å². The molecule has 0 saturated heterocycles. The van der Waals surface area contributed by atoms with E-state index in [9.17, 15) is 8.42 Å². The Morgan fingerprint density at radius 1 is 1.04 bits per heavy atom. The molecule has 4 rings (SSSR count). The Hall–Kier alpha value is -2.11. The third kappa shape index (κ3) is 3.10. The number of sulfonamides is 1. The van der Waals surface area contributed by atoms with Gasteiger partial charge >= 0.3 is 0 Å². The predicted molar refractivity (Wildman–Crippen MR) is 100 cm³/mol.